The van der Waals surface area contributed by atoms with Crippen LogP contribution >= 0.6 is 0 Å². The molecule has 0 fully saturated rings. The molecule has 1 heterocycles. The summed E-state index contributed by atoms with van der Waals surface area (Å²) in [6.45, 7) is 0.263. The molecule has 0 aliphatic carbocycles. The lowest BCUT2D eigenvalue weighted by atomic mass is 10.1. The van der Waals surface area contributed by atoms with E-state index in [9.17, 15) is 20.5 Å². The Balaban J connectivity index is 1.93. The van der Waals surface area contributed by atoms with Gasteiger partial charge in [-0.1, -0.05) is 12.1 Å². The largest absolute Gasteiger partial charge is 0.504 e. The fourth-order valence-corrected chi connectivity index (χ4v) is 2.57. The molecule has 3 rings (SSSR count). The summed E-state index contributed by atoms with van der Waals surface area (Å²) in [7, 11) is 1.47. The van der Waals surface area contributed by atoms with Crippen LogP contribution in [0.3, 0.4) is 0 Å². The van der Waals surface area contributed by atoms with E-state index in [0.29, 0.717) is 28.0 Å². The number of hydrogen-bond acceptors (Lipinski definition) is 7. The molecule has 0 aliphatic rings. The third-order valence-electron chi connectivity index (χ3n) is 3.89. The molecule has 0 radical (unpaired) electrons. The minimum atomic E-state index is -0.516. The number of aromatic nitrogens is 1. The molecule has 2 aromatic carbocycles. The van der Waals surface area contributed by atoms with Crippen LogP contribution in [-0.4, -0.2) is 22.1 Å². The van der Waals surface area contributed by atoms with Gasteiger partial charge in [0.05, 0.1) is 29.2 Å². The highest BCUT2D eigenvalue weighted by atomic mass is 16.6. The van der Waals surface area contributed by atoms with Gasteiger partial charge in [0.15, 0.2) is 11.5 Å². The van der Waals surface area contributed by atoms with Crippen LogP contribution in [0.1, 0.15) is 11.1 Å². The molecule has 0 saturated heterocycles. The number of pyridine rings is 1. The topological polar surface area (TPSA) is 121 Å². The summed E-state index contributed by atoms with van der Waals surface area (Å²) in [6, 6.07) is 12.9. The van der Waals surface area contributed by atoms with E-state index in [4.69, 9.17) is 4.74 Å². The SMILES string of the molecule is COc1cccc(CNc2cc(C#N)c3cc([N+](=O)[O-])ccc3n2)c1O. The van der Waals surface area contributed by atoms with Crippen LogP contribution in [0.25, 0.3) is 10.9 Å². The monoisotopic (exact) mass is 350 g/mol. The number of methoxy groups -OCH3 is 1. The fourth-order valence-electron chi connectivity index (χ4n) is 2.57. The van der Waals surface area contributed by atoms with Gasteiger partial charge in [-0.2, -0.15) is 5.26 Å². The van der Waals surface area contributed by atoms with E-state index in [2.05, 4.69) is 10.3 Å². The predicted molar refractivity (Wildman–Crippen MR) is 95.1 cm³/mol. The van der Waals surface area contributed by atoms with Crippen molar-refractivity contribution in [1.82, 2.24) is 4.98 Å². The average Bonchev–Trinajstić information content (AvgIpc) is 2.66. The van der Waals surface area contributed by atoms with Gasteiger partial charge in [-0.05, 0) is 18.2 Å². The van der Waals surface area contributed by atoms with E-state index in [1.54, 1.807) is 18.2 Å². The molecule has 0 aliphatic heterocycles. The summed E-state index contributed by atoms with van der Waals surface area (Å²) < 4.78 is 5.07. The summed E-state index contributed by atoms with van der Waals surface area (Å²) in [5.41, 5.74) is 1.24. The molecule has 0 amide bonds. The van der Waals surface area contributed by atoms with Crippen molar-refractivity contribution in [3.05, 3.63) is 63.7 Å². The quantitative estimate of drug-likeness (QED) is 0.534. The number of nitrogens with one attached hydrogen (secondary N) is 1. The number of nitrogens with zero attached hydrogens (tertiary/aromatic N) is 3. The normalized spacial score (nSPS) is 10.3. The Labute approximate surface area is 148 Å². The highest BCUT2D eigenvalue weighted by molar-refractivity contribution is 5.88. The van der Waals surface area contributed by atoms with Crippen LogP contribution in [0.15, 0.2) is 42.5 Å². The van der Waals surface area contributed by atoms with Crippen molar-refractivity contribution in [3.63, 3.8) is 0 Å². The molecule has 0 spiro atoms. The number of phenolic OH excluding ortho intramolecular Hbond substituents is 1. The zero-order chi connectivity index (χ0) is 18.7. The van der Waals surface area contributed by atoms with Crippen LogP contribution in [0.2, 0.25) is 0 Å². The number of phenols is 1. The number of hydrogen-bond donors (Lipinski definition) is 2. The summed E-state index contributed by atoms with van der Waals surface area (Å²) in [4.78, 5) is 14.8. The number of nitriles is 1. The van der Waals surface area contributed by atoms with Crippen molar-refractivity contribution >= 4 is 22.4 Å². The molecule has 0 bridgehead atoms. The van der Waals surface area contributed by atoms with Crippen molar-refractivity contribution < 1.29 is 14.8 Å². The van der Waals surface area contributed by atoms with E-state index in [1.165, 1.54) is 31.4 Å². The molecule has 1 aromatic heterocycles. The lowest BCUT2D eigenvalue weighted by Crippen LogP contribution is -2.03. The molecular weight excluding hydrogens is 336 g/mol. The molecule has 3 aromatic rings. The second-order valence-corrected chi connectivity index (χ2v) is 5.45. The number of non-ortho nitro benzene ring substituents is 1. The molecule has 130 valence electrons. The number of rotatable bonds is 5. The van der Waals surface area contributed by atoms with Gasteiger partial charge in [0, 0.05) is 29.6 Å². The van der Waals surface area contributed by atoms with Crippen LogP contribution in [0, 0.1) is 21.4 Å². The van der Waals surface area contributed by atoms with Gasteiger partial charge in [-0.3, -0.25) is 10.1 Å². The Kier molecular flexibility index (Phi) is 4.53. The third kappa shape index (κ3) is 3.18. The number of nitro groups is 1. The first-order chi connectivity index (χ1) is 12.5. The van der Waals surface area contributed by atoms with E-state index in [-0.39, 0.29) is 23.5 Å². The first-order valence-electron chi connectivity index (χ1n) is 7.61. The lowest BCUT2D eigenvalue weighted by molar-refractivity contribution is -0.384. The zero-order valence-electron chi connectivity index (χ0n) is 13.8. The Morgan fingerprint density at radius 1 is 1.35 bits per heavy atom. The van der Waals surface area contributed by atoms with Gasteiger partial charge in [0.2, 0.25) is 0 Å². The number of fused-ring (bicyclic) bond motifs is 1. The van der Waals surface area contributed by atoms with Gasteiger partial charge >= 0.3 is 0 Å². The first-order valence-corrected chi connectivity index (χ1v) is 7.61. The van der Waals surface area contributed by atoms with Gasteiger partial charge in [0.1, 0.15) is 5.82 Å². The predicted octanol–water partition coefficient (Wildman–Crippen LogP) is 3.34. The molecule has 0 saturated carbocycles. The summed E-state index contributed by atoms with van der Waals surface area (Å²) in [6.07, 6.45) is 0. The molecule has 8 nitrogen and oxygen atoms in total. The number of ether oxygens (including phenoxy) is 1. The summed E-state index contributed by atoms with van der Waals surface area (Å²) >= 11 is 0. The van der Waals surface area contributed by atoms with Crippen molar-refractivity contribution in [2.24, 2.45) is 0 Å². The number of aromatic hydroxyl groups is 1. The molecule has 0 unspecified atom stereocenters. The van der Waals surface area contributed by atoms with E-state index in [1.807, 2.05) is 6.07 Å². The maximum atomic E-state index is 10.9. The van der Waals surface area contributed by atoms with Crippen molar-refractivity contribution in [2.45, 2.75) is 6.54 Å². The molecular formula is C18H14N4O4. The number of nitro benzene ring substituents is 1. The molecule has 2 N–H and O–H groups in total. The van der Waals surface area contributed by atoms with Crippen LogP contribution in [0.5, 0.6) is 11.5 Å². The summed E-state index contributed by atoms with van der Waals surface area (Å²) in [5.74, 6) is 0.810. The highest BCUT2D eigenvalue weighted by Gasteiger charge is 2.12. The average molecular weight is 350 g/mol. The van der Waals surface area contributed by atoms with Crippen molar-refractivity contribution in [3.8, 4) is 17.6 Å². The standard InChI is InChI=1S/C18H14N4O4/c1-26-16-4-2-3-11(18(16)23)10-20-17-7-12(9-19)14-8-13(22(24)25)5-6-15(14)21-17/h2-8,23H,10H2,1H3,(H,20,21). The second kappa shape index (κ2) is 6.94. The maximum absolute atomic E-state index is 10.9. The number of benzene rings is 2. The van der Waals surface area contributed by atoms with Crippen LogP contribution < -0.4 is 10.1 Å². The molecule has 8 heteroatoms. The van der Waals surface area contributed by atoms with E-state index >= 15 is 0 Å². The smallest absolute Gasteiger partial charge is 0.270 e. The van der Waals surface area contributed by atoms with Crippen molar-refractivity contribution in [2.75, 3.05) is 12.4 Å². The number of para-hydroxylation sites is 1. The van der Waals surface area contributed by atoms with Gasteiger partial charge in [-0.25, -0.2) is 4.98 Å². The van der Waals surface area contributed by atoms with Crippen LogP contribution in [0.4, 0.5) is 11.5 Å². The third-order valence-corrected chi connectivity index (χ3v) is 3.89. The fraction of sp³-hybridized carbons (Fsp3) is 0.111. The molecule has 26 heavy (non-hydrogen) atoms. The Morgan fingerprint density at radius 3 is 2.85 bits per heavy atom. The Hall–Kier alpha value is -3.86. The lowest BCUT2D eigenvalue weighted by Gasteiger charge is -2.11. The minimum Gasteiger partial charge on any atom is -0.504 e. The van der Waals surface area contributed by atoms with Crippen LogP contribution in [-0.2, 0) is 6.54 Å². The van der Waals surface area contributed by atoms with Gasteiger partial charge in [-0.15, -0.1) is 0 Å². The number of anilines is 1. The van der Waals surface area contributed by atoms with Gasteiger partial charge < -0.3 is 15.2 Å². The summed E-state index contributed by atoms with van der Waals surface area (Å²) in [5, 5.41) is 33.8. The highest BCUT2D eigenvalue weighted by Crippen LogP contribution is 2.30. The Morgan fingerprint density at radius 2 is 2.15 bits per heavy atom. The zero-order valence-corrected chi connectivity index (χ0v) is 13.8. The maximum Gasteiger partial charge on any atom is 0.270 e. The second-order valence-electron chi connectivity index (χ2n) is 5.45. The minimum absolute atomic E-state index is 0.0272. The van der Waals surface area contributed by atoms with Gasteiger partial charge in [0.25, 0.3) is 5.69 Å². The Bertz CT molecular complexity index is 1040. The molecule has 0 atom stereocenters. The van der Waals surface area contributed by atoms with E-state index < -0.39 is 4.92 Å². The van der Waals surface area contributed by atoms with Crippen molar-refractivity contribution in [1.29, 1.82) is 5.26 Å². The first kappa shape index (κ1) is 17.0. The van der Waals surface area contributed by atoms with E-state index in [0.717, 1.165) is 0 Å².